The zero-order valence-corrected chi connectivity index (χ0v) is 24.3. The van der Waals surface area contributed by atoms with Crippen molar-refractivity contribution in [3.05, 3.63) is 47.3 Å². The van der Waals surface area contributed by atoms with Crippen LogP contribution in [0.25, 0.3) is 11.0 Å². The highest BCUT2D eigenvalue weighted by Crippen LogP contribution is 2.58. The van der Waals surface area contributed by atoms with Crippen molar-refractivity contribution >= 4 is 48.6 Å². The normalized spacial score (nSPS) is 38.1. The SMILES string of the molecule is O=c1[nH]cnc2c1c(F)cn2[C@@H]1O[C@@H]2COP(O)(=S)O[C@H]3C[C@H](Oc4ccncn4)C[C@@H]3COP(=O)(S)O[C@@H]1[C@@H]2O. The zero-order valence-electron chi connectivity index (χ0n) is 20.8. The summed E-state index contributed by atoms with van der Waals surface area (Å²) in [6, 6.07) is 1.59. The summed E-state index contributed by atoms with van der Waals surface area (Å²) in [5.41, 5.74) is -0.854. The summed E-state index contributed by atoms with van der Waals surface area (Å²) in [5.74, 6) is -1.05. The van der Waals surface area contributed by atoms with Gasteiger partial charge in [-0.2, -0.15) is 0 Å². The van der Waals surface area contributed by atoms with Gasteiger partial charge < -0.3 is 42.6 Å². The fourth-order valence-corrected chi connectivity index (χ4v) is 8.15. The first kappa shape index (κ1) is 29.3. The lowest BCUT2D eigenvalue weighted by Gasteiger charge is -2.27. The van der Waals surface area contributed by atoms with Crippen LogP contribution in [0, 0.1) is 11.7 Å². The molecule has 2 unspecified atom stereocenters. The smallest absolute Gasteiger partial charge is 0.386 e. The van der Waals surface area contributed by atoms with Crippen LogP contribution in [0.15, 0.2) is 35.9 Å². The van der Waals surface area contributed by atoms with E-state index in [1.165, 1.54) is 12.5 Å². The molecule has 0 spiro atoms. The highest BCUT2D eigenvalue weighted by Gasteiger charge is 2.51. The van der Waals surface area contributed by atoms with Crippen molar-refractivity contribution in [3.63, 3.8) is 0 Å². The first-order chi connectivity index (χ1) is 19.5. The molecule has 3 N–H and O–H groups in total. The van der Waals surface area contributed by atoms with Gasteiger partial charge in [-0.25, -0.2) is 23.9 Å². The molecule has 6 rings (SSSR count). The van der Waals surface area contributed by atoms with Crippen LogP contribution in [0.3, 0.4) is 0 Å². The Balaban J connectivity index is 1.28. The average Bonchev–Trinajstić information content (AvgIpc) is 3.55. The lowest BCUT2D eigenvalue weighted by molar-refractivity contribution is -0.0502. The molecule has 9 atom stereocenters. The van der Waals surface area contributed by atoms with Crippen molar-refractivity contribution in [3.8, 4) is 5.88 Å². The number of nitrogens with zero attached hydrogens (tertiary/aromatic N) is 4. The van der Waals surface area contributed by atoms with E-state index in [9.17, 15) is 23.7 Å². The fourth-order valence-electron chi connectivity index (χ4n) is 5.14. The lowest BCUT2D eigenvalue weighted by Crippen LogP contribution is -2.35. The van der Waals surface area contributed by atoms with Gasteiger partial charge in [-0.05, 0) is 18.2 Å². The average molecular weight is 652 g/mol. The van der Waals surface area contributed by atoms with Gasteiger partial charge in [0.2, 0.25) is 5.88 Å². The molecule has 3 aliphatic rings. The van der Waals surface area contributed by atoms with Crippen molar-refractivity contribution < 1.29 is 46.5 Å². The first-order valence-corrected chi connectivity index (χ1v) is 17.6. The Morgan fingerprint density at radius 1 is 1.22 bits per heavy atom. The lowest BCUT2D eigenvalue weighted by atomic mass is 10.1. The van der Waals surface area contributed by atoms with E-state index >= 15 is 0 Å². The number of aromatic nitrogens is 5. The zero-order chi connectivity index (χ0) is 28.9. The highest BCUT2D eigenvalue weighted by atomic mass is 32.7. The molecule has 0 aromatic carbocycles. The predicted molar refractivity (Wildman–Crippen MR) is 144 cm³/mol. The predicted octanol–water partition coefficient (Wildman–Crippen LogP) is 1.84. The molecule has 41 heavy (non-hydrogen) atoms. The maximum absolute atomic E-state index is 14.7. The molecular weight excluding hydrogens is 627 g/mol. The molecule has 0 radical (unpaired) electrons. The van der Waals surface area contributed by atoms with E-state index < -0.39 is 74.2 Å². The van der Waals surface area contributed by atoms with Gasteiger partial charge in [0.15, 0.2) is 17.7 Å². The number of rotatable bonds is 3. The Morgan fingerprint density at radius 2 is 2.05 bits per heavy atom. The second-order valence-corrected chi connectivity index (χ2v) is 15.3. The molecule has 3 aromatic rings. The third kappa shape index (κ3) is 6.15. The Hall–Kier alpha value is -1.82. The molecule has 2 aliphatic heterocycles. The molecule has 5 heterocycles. The van der Waals surface area contributed by atoms with Crippen LogP contribution in [0.4, 0.5) is 4.39 Å². The minimum absolute atomic E-state index is 0.117. The van der Waals surface area contributed by atoms with Gasteiger partial charge >= 0.3 is 13.5 Å². The summed E-state index contributed by atoms with van der Waals surface area (Å²) in [5, 5.41) is 10.7. The van der Waals surface area contributed by atoms with E-state index in [2.05, 4.69) is 32.2 Å². The van der Waals surface area contributed by atoms with Crippen LogP contribution in [-0.2, 0) is 39.2 Å². The summed E-state index contributed by atoms with van der Waals surface area (Å²) < 4.78 is 63.6. The molecule has 222 valence electrons. The summed E-state index contributed by atoms with van der Waals surface area (Å²) in [6.07, 6.45) is -1.16. The third-order valence-electron chi connectivity index (χ3n) is 6.96. The number of thiol groups is 1. The van der Waals surface area contributed by atoms with E-state index in [4.69, 9.17) is 39.4 Å². The van der Waals surface area contributed by atoms with Crippen molar-refractivity contribution in [1.29, 1.82) is 0 Å². The Labute approximate surface area is 241 Å². The first-order valence-electron chi connectivity index (χ1n) is 12.3. The van der Waals surface area contributed by atoms with Crippen molar-refractivity contribution in [2.45, 2.75) is 49.6 Å². The molecule has 2 saturated heterocycles. The van der Waals surface area contributed by atoms with Gasteiger partial charge in [0, 0.05) is 30.8 Å². The third-order valence-corrected chi connectivity index (χ3v) is 10.2. The molecule has 0 amide bonds. The minimum Gasteiger partial charge on any atom is -0.474 e. The monoisotopic (exact) mass is 651 g/mol. The Kier molecular flexibility index (Phi) is 8.10. The van der Waals surface area contributed by atoms with Crippen LogP contribution in [-0.4, -0.2) is 78.2 Å². The number of H-pyrrole nitrogens is 1. The van der Waals surface area contributed by atoms with Crippen LogP contribution in [0.1, 0.15) is 19.1 Å². The van der Waals surface area contributed by atoms with Gasteiger partial charge in [-0.1, -0.05) is 12.2 Å². The summed E-state index contributed by atoms with van der Waals surface area (Å²) in [6.45, 7) is -8.78. The summed E-state index contributed by atoms with van der Waals surface area (Å²) >= 11 is 9.33. The van der Waals surface area contributed by atoms with Crippen LogP contribution >= 0.6 is 25.8 Å². The molecular formula is C21H24FN5O10P2S2. The van der Waals surface area contributed by atoms with Crippen molar-refractivity contribution in [2.24, 2.45) is 5.92 Å². The Morgan fingerprint density at radius 3 is 2.83 bits per heavy atom. The van der Waals surface area contributed by atoms with Gasteiger partial charge in [0.05, 0.1) is 25.6 Å². The van der Waals surface area contributed by atoms with Crippen LogP contribution < -0.4 is 10.3 Å². The number of hydrogen-bond acceptors (Lipinski definition) is 13. The second-order valence-electron chi connectivity index (χ2n) is 9.63. The summed E-state index contributed by atoms with van der Waals surface area (Å²) in [4.78, 5) is 37.2. The molecule has 3 fully saturated rings. The number of aromatic amines is 1. The number of fused-ring (bicyclic) bond motifs is 4. The number of hydrogen-bond donors (Lipinski definition) is 4. The topological polar surface area (TPSA) is 189 Å². The quantitative estimate of drug-likeness (QED) is 0.237. The van der Waals surface area contributed by atoms with E-state index in [1.807, 2.05) is 0 Å². The van der Waals surface area contributed by atoms with E-state index in [0.29, 0.717) is 12.3 Å². The fraction of sp³-hybridized carbons (Fsp3) is 0.524. The largest absolute Gasteiger partial charge is 0.474 e. The van der Waals surface area contributed by atoms with Crippen molar-refractivity contribution in [1.82, 2.24) is 24.5 Å². The number of aliphatic hydroxyl groups is 1. The summed E-state index contributed by atoms with van der Waals surface area (Å²) in [7, 11) is 0. The van der Waals surface area contributed by atoms with Crippen LogP contribution in [0.2, 0.25) is 0 Å². The Bertz CT molecular complexity index is 1580. The van der Waals surface area contributed by atoms with Crippen LogP contribution in [0.5, 0.6) is 5.88 Å². The minimum atomic E-state index is -4.20. The maximum atomic E-state index is 14.7. The highest BCUT2D eigenvalue weighted by molar-refractivity contribution is 8.44. The van der Waals surface area contributed by atoms with Gasteiger partial charge in [-0.3, -0.25) is 9.32 Å². The molecule has 15 nitrogen and oxygen atoms in total. The van der Waals surface area contributed by atoms with E-state index in [1.54, 1.807) is 6.07 Å². The maximum Gasteiger partial charge on any atom is 0.386 e. The molecule has 20 heteroatoms. The van der Waals surface area contributed by atoms with Gasteiger partial charge in [-0.15, -0.1) is 0 Å². The van der Waals surface area contributed by atoms with Gasteiger partial charge in [0.1, 0.15) is 36.1 Å². The van der Waals surface area contributed by atoms with Gasteiger partial charge in [0.25, 0.3) is 5.56 Å². The molecule has 3 aromatic heterocycles. The van der Waals surface area contributed by atoms with E-state index in [0.717, 1.165) is 17.1 Å². The van der Waals surface area contributed by atoms with E-state index in [-0.39, 0.29) is 24.1 Å². The number of ether oxygens (including phenoxy) is 2. The number of nitrogens with one attached hydrogen (secondary N) is 1. The standard InChI is InChI=1S/C21H24FN5O10P2S2/c22-12-5-27(19-16(12)20(29)26-9-25-19)21-18-17(28)14(35-21)7-33-38(30,40)36-13-4-11(34-15-1-2-23-8-24-15)3-10(13)6-32-39(31,41)37-18/h1-2,5,8-11,13-14,17-18,21,28H,3-4,6-7H2,(H,30,40)(H,31,41)(H,25,26,29)/t10-,11-,13+,14-,17-,18-,21-,38?,39?/m1/s1. The van der Waals surface area contributed by atoms with Crippen molar-refractivity contribution in [2.75, 3.05) is 13.2 Å². The molecule has 1 saturated carbocycles. The number of aliphatic hydroxyl groups excluding tert-OH is 1. The number of halogens is 1. The molecule has 1 aliphatic carbocycles. The second kappa shape index (κ2) is 11.4. The molecule has 2 bridgehead atoms.